The van der Waals surface area contributed by atoms with Crippen molar-refractivity contribution in [1.82, 2.24) is 0 Å². The van der Waals surface area contributed by atoms with Crippen LogP contribution in [0.1, 0.15) is 61.8 Å². The van der Waals surface area contributed by atoms with Crippen LogP contribution < -0.4 is 0 Å². The van der Waals surface area contributed by atoms with Crippen LogP contribution in [-0.4, -0.2) is 22.3 Å². The maximum Gasteiger partial charge on any atom is 0.0623 e. The summed E-state index contributed by atoms with van der Waals surface area (Å²) < 4.78 is 0. The van der Waals surface area contributed by atoms with Crippen molar-refractivity contribution in [3.05, 3.63) is 22.3 Å². The first kappa shape index (κ1) is 22.4. The molecule has 0 bridgehead atoms. The van der Waals surface area contributed by atoms with Gasteiger partial charge in [-0.15, -0.1) is 0 Å². The fraction of sp³-hybridized carbons (Fsp3) is 0.826. The molecule has 26 heavy (non-hydrogen) atoms. The Morgan fingerprint density at radius 1 is 0.692 bits per heavy atom. The third-order valence-corrected chi connectivity index (χ3v) is 48.4. The van der Waals surface area contributed by atoms with Crippen LogP contribution >= 0.6 is 0 Å². The Morgan fingerprint density at radius 3 is 1.31 bits per heavy atom. The molecule has 0 radical (unpaired) electrons. The van der Waals surface area contributed by atoms with Gasteiger partial charge in [0.1, 0.15) is 0 Å². The van der Waals surface area contributed by atoms with E-state index in [4.69, 9.17) is 0 Å². The molecule has 1 spiro atoms. The molecule has 150 valence electrons. The van der Waals surface area contributed by atoms with Crippen LogP contribution in [-0.2, 0) is 0 Å². The van der Waals surface area contributed by atoms with E-state index in [-0.39, 0.29) is 0 Å². The Kier molecular flexibility index (Phi) is 5.02. The summed E-state index contributed by atoms with van der Waals surface area (Å²) in [5.41, 5.74) is 7.91. The topological polar surface area (TPSA) is 0 Å². The van der Waals surface area contributed by atoms with Crippen molar-refractivity contribution in [3.63, 3.8) is 0 Å². The van der Waals surface area contributed by atoms with E-state index in [1.54, 1.807) is 11.1 Å². The molecule has 0 atom stereocenters. The second kappa shape index (κ2) is 5.82. The van der Waals surface area contributed by atoms with Gasteiger partial charge in [-0.1, -0.05) is 103 Å². The number of rotatable bonds is 2. The third kappa shape index (κ3) is 2.86. The van der Waals surface area contributed by atoms with Crippen molar-refractivity contribution in [3.8, 4) is 0 Å². The van der Waals surface area contributed by atoms with Crippen LogP contribution in [0.15, 0.2) is 22.3 Å². The van der Waals surface area contributed by atoms with Crippen LogP contribution in [0, 0.1) is 10.8 Å². The molecule has 1 aliphatic carbocycles. The Morgan fingerprint density at radius 2 is 1.04 bits per heavy atom. The lowest BCUT2D eigenvalue weighted by Gasteiger charge is -2.61. The quantitative estimate of drug-likeness (QED) is 0.320. The van der Waals surface area contributed by atoms with Crippen LogP contribution in [0.4, 0.5) is 0 Å². The highest BCUT2D eigenvalue weighted by Crippen LogP contribution is 2.81. The summed E-state index contributed by atoms with van der Waals surface area (Å²) in [5.74, 6) is 0. The van der Waals surface area contributed by atoms with Crippen molar-refractivity contribution >= 4 is 22.3 Å². The molecule has 0 amide bonds. The highest BCUT2D eigenvalue weighted by Gasteiger charge is 2.77. The van der Waals surface area contributed by atoms with E-state index in [1.807, 2.05) is 11.1 Å². The van der Waals surface area contributed by atoms with E-state index in [1.165, 1.54) is 12.5 Å². The van der Waals surface area contributed by atoms with Crippen molar-refractivity contribution in [1.29, 1.82) is 0 Å². The monoisotopic (exact) mass is 406 g/mol. The van der Waals surface area contributed by atoms with E-state index in [0.717, 1.165) is 0 Å². The minimum absolute atomic E-state index is 0.311. The molecular weight excluding hydrogens is 361 g/mol. The standard InChI is InChI=1S/C23H46Si3/c1-17-15-23(19(21(3,4)5)20(23)22(6,7)8)26(16-18(17)2,24(9,10)11)25(12,13)14/h15-16H2,1-14H3. The molecule has 0 unspecified atom stereocenters. The Balaban J connectivity index is 2.93. The fourth-order valence-corrected chi connectivity index (χ4v) is 58.4. The van der Waals surface area contributed by atoms with Gasteiger partial charge in [0.15, 0.2) is 0 Å². The first-order valence-electron chi connectivity index (χ1n) is 10.7. The Bertz CT molecular complexity index is 626. The number of allylic oxidation sites excluding steroid dienone is 4. The van der Waals surface area contributed by atoms with Crippen LogP contribution in [0.5, 0.6) is 0 Å². The molecule has 0 saturated heterocycles. The molecule has 0 N–H and O–H groups in total. The van der Waals surface area contributed by atoms with E-state index >= 15 is 0 Å². The summed E-state index contributed by atoms with van der Waals surface area (Å²) in [7, 11) is -4.11. The third-order valence-electron chi connectivity index (χ3n) is 7.62. The van der Waals surface area contributed by atoms with Crippen molar-refractivity contribution in [2.75, 3.05) is 0 Å². The van der Waals surface area contributed by atoms with Crippen molar-refractivity contribution in [2.24, 2.45) is 10.8 Å². The molecule has 0 aromatic rings. The molecule has 0 aromatic carbocycles. The zero-order valence-corrected chi connectivity index (χ0v) is 23.4. The highest BCUT2D eigenvalue weighted by atomic mass is 29.6. The van der Waals surface area contributed by atoms with Gasteiger partial charge in [-0.2, -0.15) is 0 Å². The summed E-state index contributed by atoms with van der Waals surface area (Å²) >= 11 is 0. The summed E-state index contributed by atoms with van der Waals surface area (Å²) in [6.45, 7) is 36.4. The second-order valence-corrected chi connectivity index (χ2v) is 41.1. The number of hydrogen-bond acceptors (Lipinski definition) is 0. The summed E-state index contributed by atoms with van der Waals surface area (Å²) in [5, 5.41) is 0.502. The Hall–Kier alpha value is 0.131. The molecule has 1 heterocycles. The predicted octanol–water partition coefficient (Wildman–Crippen LogP) is 8.15. The largest absolute Gasteiger partial charge is 0.0774 e. The first-order chi connectivity index (χ1) is 11.2. The second-order valence-electron chi connectivity index (χ2n) is 13.5. The van der Waals surface area contributed by atoms with Gasteiger partial charge in [0.05, 0.1) is 7.11 Å². The normalized spacial score (nSPS) is 23.8. The van der Waals surface area contributed by atoms with Gasteiger partial charge in [-0.05, 0) is 37.1 Å². The van der Waals surface area contributed by atoms with E-state index in [0.29, 0.717) is 15.9 Å². The summed E-state index contributed by atoms with van der Waals surface area (Å²) in [4.78, 5) is 0. The lowest BCUT2D eigenvalue weighted by Crippen LogP contribution is -2.76. The maximum absolute atomic E-state index is 2.74. The predicted molar refractivity (Wildman–Crippen MR) is 129 cm³/mol. The van der Waals surface area contributed by atoms with Gasteiger partial charge in [0.2, 0.25) is 0 Å². The molecule has 0 nitrogen and oxygen atoms in total. The van der Waals surface area contributed by atoms with Crippen LogP contribution in [0.2, 0.25) is 50.4 Å². The molecule has 0 aromatic heterocycles. The number of hydrogen-bond donors (Lipinski definition) is 0. The molecule has 2 rings (SSSR count). The van der Waals surface area contributed by atoms with Gasteiger partial charge in [0, 0.05) is 20.2 Å². The van der Waals surface area contributed by atoms with E-state index in [9.17, 15) is 0 Å². The van der Waals surface area contributed by atoms with Gasteiger partial charge >= 0.3 is 0 Å². The smallest absolute Gasteiger partial charge is 0.0623 e. The average molecular weight is 407 g/mol. The van der Waals surface area contributed by atoms with Crippen molar-refractivity contribution < 1.29 is 0 Å². The SMILES string of the molecule is CC1=C(C)C[Si]([Si](C)(C)C)([Si](C)(C)C)C2(C1)C(C(C)(C)C)=C2C(C)(C)C. The van der Waals surface area contributed by atoms with Crippen molar-refractivity contribution in [2.45, 2.75) is 112 Å². The average Bonchev–Trinajstić information content (AvgIpc) is 3.00. The minimum Gasteiger partial charge on any atom is -0.0774 e. The van der Waals surface area contributed by atoms with Crippen LogP contribution in [0.3, 0.4) is 0 Å². The maximum atomic E-state index is 2.74. The van der Waals surface area contributed by atoms with E-state index in [2.05, 4.69) is 94.7 Å². The summed E-state index contributed by atoms with van der Waals surface area (Å²) in [6.07, 6.45) is 1.36. The molecule has 0 fully saturated rings. The molecule has 3 heteroatoms. The van der Waals surface area contributed by atoms with E-state index < -0.39 is 22.3 Å². The van der Waals surface area contributed by atoms with Gasteiger partial charge in [-0.3, -0.25) is 0 Å². The zero-order chi connectivity index (χ0) is 20.7. The van der Waals surface area contributed by atoms with Gasteiger partial charge < -0.3 is 0 Å². The molecular formula is C23H46Si3. The minimum atomic E-state index is -1.51. The first-order valence-corrected chi connectivity index (χ1v) is 21.9. The highest BCUT2D eigenvalue weighted by molar-refractivity contribution is 7.70. The lowest BCUT2D eigenvalue weighted by atomic mass is 9.87. The van der Waals surface area contributed by atoms with Gasteiger partial charge in [0.25, 0.3) is 0 Å². The van der Waals surface area contributed by atoms with Crippen LogP contribution in [0.25, 0.3) is 0 Å². The zero-order valence-electron chi connectivity index (χ0n) is 20.4. The Labute approximate surface area is 167 Å². The summed E-state index contributed by atoms with van der Waals surface area (Å²) in [6, 6.07) is 1.49. The lowest BCUT2D eigenvalue weighted by molar-refractivity contribution is 0.491. The molecule has 1 aliphatic heterocycles. The van der Waals surface area contributed by atoms with Gasteiger partial charge in [-0.25, -0.2) is 0 Å². The fourth-order valence-electron chi connectivity index (χ4n) is 7.29. The molecule has 0 saturated carbocycles. The molecule has 2 aliphatic rings.